The van der Waals surface area contributed by atoms with Gasteiger partial charge in [-0.3, -0.25) is 4.57 Å². The Morgan fingerprint density at radius 1 is 0.400 bits per heavy atom. The lowest BCUT2D eigenvalue weighted by atomic mass is 10.0. The number of rotatable bonds is 4. The molecular weight excluding hydrogens is 661 g/mol. The molecule has 45 heavy (non-hydrogen) atoms. The van der Waals surface area contributed by atoms with Gasteiger partial charge in [-0.15, -0.1) is 0 Å². The average molecular weight is 688 g/mol. The number of fused-ring (bicyclic) bond motifs is 6. The maximum Gasteiger partial charge on any atom is 0.138 e. The van der Waals surface area contributed by atoms with Gasteiger partial charge >= 0.3 is 0 Å². The summed E-state index contributed by atoms with van der Waals surface area (Å²) in [7, 11) is 0. The van der Waals surface area contributed by atoms with Crippen LogP contribution in [0.2, 0.25) is 0 Å². The topological polar surface area (TPSA) is 22.8 Å². The van der Waals surface area contributed by atoms with Crippen LogP contribution in [0, 0.1) is 3.57 Å². The van der Waals surface area contributed by atoms with Crippen LogP contribution in [0.1, 0.15) is 0 Å². The van der Waals surface area contributed by atoms with Crippen molar-refractivity contribution in [2.45, 2.75) is 0 Å². The summed E-state index contributed by atoms with van der Waals surface area (Å²) >= 11 is 2.34. The van der Waals surface area contributed by atoms with Crippen LogP contribution >= 0.6 is 22.6 Å². The molecule has 0 radical (unpaired) electrons. The summed E-state index contributed by atoms with van der Waals surface area (Å²) in [5.41, 5.74) is 10.3. The van der Waals surface area contributed by atoms with Crippen LogP contribution in [0.25, 0.3) is 77.5 Å². The van der Waals surface area contributed by atoms with E-state index in [0.717, 1.165) is 28.1 Å². The minimum Gasteiger partial charge on any atom is -0.309 e. The largest absolute Gasteiger partial charge is 0.309 e. The van der Waals surface area contributed by atoms with Gasteiger partial charge in [0.2, 0.25) is 0 Å². The first-order valence-corrected chi connectivity index (χ1v) is 16.2. The van der Waals surface area contributed by atoms with Gasteiger partial charge in [0.15, 0.2) is 0 Å². The molecule has 3 nitrogen and oxygen atoms in total. The van der Waals surface area contributed by atoms with E-state index in [1.165, 1.54) is 53.0 Å². The number of aromatic nitrogens is 3. The van der Waals surface area contributed by atoms with E-state index in [1.807, 2.05) is 0 Å². The van der Waals surface area contributed by atoms with Gasteiger partial charge in [0.05, 0.1) is 27.8 Å². The van der Waals surface area contributed by atoms with E-state index in [4.69, 9.17) is 4.98 Å². The Hall–Kier alpha value is -5.20. The lowest BCUT2D eigenvalue weighted by Gasteiger charge is -2.11. The van der Waals surface area contributed by atoms with Gasteiger partial charge in [-0.25, -0.2) is 4.98 Å². The van der Waals surface area contributed by atoms with Crippen molar-refractivity contribution >= 4 is 66.2 Å². The zero-order valence-electron chi connectivity index (χ0n) is 24.2. The van der Waals surface area contributed by atoms with Crippen LogP contribution in [0.15, 0.2) is 158 Å². The molecule has 0 N–H and O–H groups in total. The van der Waals surface area contributed by atoms with E-state index in [9.17, 15) is 0 Å². The van der Waals surface area contributed by atoms with Crippen molar-refractivity contribution in [1.82, 2.24) is 14.1 Å². The molecule has 9 rings (SSSR count). The third-order valence-corrected chi connectivity index (χ3v) is 9.52. The van der Waals surface area contributed by atoms with Crippen molar-refractivity contribution in [2.24, 2.45) is 0 Å². The van der Waals surface area contributed by atoms with Crippen molar-refractivity contribution < 1.29 is 0 Å². The molecule has 0 aliphatic heterocycles. The van der Waals surface area contributed by atoms with Crippen LogP contribution in [0.3, 0.4) is 0 Å². The number of hydrogen-bond donors (Lipinski definition) is 0. The van der Waals surface area contributed by atoms with Crippen LogP contribution in [-0.4, -0.2) is 14.1 Å². The average Bonchev–Trinajstić information content (AvgIpc) is 3.61. The van der Waals surface area contributed by atoms with E-state index in [2.05, 4.69) is 189 Å². The van der Waals surface area contributed by atoms with E-state index in [1.54, 1.807) is 0 Å². The highest BCUT2D eigenvalue weighted by atomic mass is 127. The number of para-hydroxylation sites is 3. The summed E-state index contributed by atoms with van der Waals surface area (Å²) in [5.74, 6) is 0.913. The Morgan fingerprint density at radius 3 is 1.80 bits per heavy atom. The van der Waals surface area contributed by atoms with Gasteiger partial charge in [-0.2, -0.15) is 0 Å². The Labute approximate surface area is 274 Å². The fourth-order valence-electron chi connectivity index (χ4n) is 6.73. The quantitative estimate of drug-likeness (QED) is 0.169. The highest BCUT2D eigenvalue weighted by Crippen LogP contribution is 2.38. The van der Waals surface area contributed by atoms with Gasteiger partial charge in [0.25, 0.3) is 0 Å². The maximum atomic E-state index is 5.18. The number of halogens is 1. The smallest absolute Gasteiger partial charge is 0.138 e. The second-order valence-corrected chi connectivity index (χ2v) is 12.6. The maximum absolute atomic E-state index is 5.18. The second-order valence-electron chi connectivity index (χ2n) is 11.4. The van der Waals surface area contributed by atoms with Crippen LogP contribution in [-0.2, 0) is 0 Å². The molecule has 0 saturated carbocycles. The SMILES string of the molecule is Ic1ccc(-c2cccc(-n3c4ccccc4c4ccc(-c5ccc6c(c5)c5ccccc5n6-c5ccccc5)cc43)n2)cc1. The van der Waals surface area contributed by atoms with Crippen molar-refractivity contribution in [3.8, 4) is 33.9 Å². The molecular formula is C41H26IN3. The Kier molecular flexibility index (Phi) is 6.10. The van der Waals surface area contributed by atoms with E-state index >= 15 is 0 Å². The molecule has 0 amide bonds. The summed E-state index contributed by atoms with van der Waals surface area (Å²) < 4.78 is 5.89. The van der Waals surface area contributed by atoms with Crippen molar-refractivity contribution in [2.75, 3.05) is 0 Å². The number of benzene rings is 6. The summed E-state index contributed by atoms with van der Waals surface area (Å²) in [6, 6.07) is 56.5. The number of nitrogens with zero attached hydrogens (tertiary/aromatic N) is 3. The first-order valence-electron chi connectivity index (χ1n) is 15.1. The minimum absolute atomic E-state index is 0.913. The van der Waals surface area contributed by atoms with Gasteiger partial charge < -0.3 is 4.57 Å². The molecule has 6 aromatic carbocycles. The first kappa shape index (κ1) is 26.2. The van der Waals surface area contributed by atoms with E-state index < -0.39 is 0 Å². The fraction of sp³-hybridized carbons (Fsp3) is 0. The summed E-state index contributed by atoms with van der Waals surface area (Å²) in [4.78, 5) is 5.18. The van der Waals surface area contributed by atoms with Crippen LogP contribution < -0.4 is 0 Å². The van der Waals surface area contributed by atoms with Crippen molar-refractivity contribution in [1.29, 1.82) is 0 Å². The third-order valence-electron chi connectivity index (χ3n) is 8.80. The summed E-state index contributed by atoms with van der Waals surface area (Å²) in [6.07, 6.45) is 0. The Bertz CT molecular complexity index is 2540. The molecule has 0 aliphatic rings. The molecule has 9 aromatic rings. The first-order chi connectivity index (χ1) is 22.2. The Morgan fingerprint density at radius 2 is 1.00 bits per heavy atom. The minimum atomic E-state index is 0.913. The lowest BCUT2D eigenvalue weighted by Crippen LogP contribution is -1.98. The van der Waals surface area contributed by atoms with Crippen molar-refractivity contribution in [3.63, 3.8) is 0 Å². The highest BCUT2D eigenvalue weighted by Gasteiger charge is 2.16. The zero-order chi connectivity index (χ0) is 29.9. The van der Waals surface area contributed by atoms with Gasteiger partial charge in [-0.1, -0.05) is 91.0 Å². The molecule has 0 saturated heterocycles. The molecule has 3 aromatic heterocycles. The van der Waals surface area contributed by atoms with Crippen molar-refractivity contribution in [3.05, 3.63) is 161 Å². The standard InChI is InChI=1S/C41H26IN3/c42-30-21-17-27(18-22-30)36-13-8-16-41(43-36)45-38-15-7-4-11-32(38)34-23-19-29(26-40(34)45)28-20-24-39-35(25-28)33-12-5-6-14-37(33)44(39)31-9-2-1-3-10-31/h1-26H. The predicted molar refractivity (Wildman–Crippen MR) is 197 cm³/mol. The molecule has 212 valence electrons. The predicted octanol–water partition coefficient (Wildman–Crippen LogP) is 11.2. The zero-order valence-corrected chi connectivity index (χ0v) is 26.4. The molecule has 0 bridgehead atoms. The Balaban J connectivity index is 1.25. The summed E-state index contributed by atoms with van der Waals surface area (Å²) in [6.45, 7) is 0. The second kappa shape index (κ2) is 10.5. The normalized spacial score (nSPS) is 11.7. The fourth-order valence-corrected chi connectivity index (χ4v) is 7.09. The molecule has 4 heteroatoms. The highest BCUT2D eigenvalue weighted by molar-refractivity contribution is 14.1. The molecule has 0 atom stereocenters. The van der Waals surface area contributed by atoms with Crippen LogP contribution in [0.5, 0.6) is 0 Å². The number of pyridine rings is 1. The lowest BCUT2D eigenvalue weighted by molar-refractivity contribution is 1.08. The van der Waals surface area contributed by atoms with E-state index in [-0.39, 0.29) is 0 Å². The molecule has 0 fully saturated rings. The van der Waals surface area contributed by atoms with Gasteiger partial charge in [-0.05, 0) is 100 Å². The molecule has 0 spiro atoms. The molecule has 0 unspecified atom stereocenters. The third kappa shape index (κ3) is 4.28. The van der Waals surface area contributed by atoms with Crippen LogP contribution in [0.4, 0.5) is 0 Å². The summed E-state index contributed by atoms with van der Waals surface area (Å²) in [5, 5.41) is 4.95. The van der Waals surface area contributed by atoms with E-state index in [0.29, 0.717) is 0 Å². The van der Waals surface area contributed by atoms with Gasteiger partial charge in [0, 0.05) is 36.4 Å². The molecule has 0 aliphatic carbocycles. The number of hydrogen-bond acceptors (Lipinski definition) is 1. The van der Waals surface area contributed by atoms with Gasteiger partial charge in [0.1, 0.15) is 5.82 Å². The monoisotopic (exact) mass is 687 g/mol. The molecule has 3 heterocycles.